The lowest BCUT2D eigenvalue weighted by atomic mass is 9.84. The van der Waals surface area contributed by atoms with E-state index in [1.54, 1.807) is 0 Å². The zero-order valence-electron chi connectivity index (χ0n) is 11.8. The minimum absolute atomic E-state index is 0.0922. The molecule has 0 bridgehead atoms. The molecular weight excluding hydrogens is 242 g/mol. The molecule has 2 N–H and O–H groups in total. The maximum absolute atomic E-state index is 6.13. The molecular formula is C14H25N3O2. The number of rotatable bonds is 3. The Bertz CT molecular complexity index is 355. The van der Waals surface area contributed by atoms with Crippen molar-refractivity contribution < 1.29 is 9.47 Å². The molecule has 3 heterocycles. The van der Waals surface area contributed by atoms with Crippen molar-refractivity contribution >= 4 is 5.96 Å². The highest BCUT2D eigenvalue weighted by Crippen LogP contribution is 2.36. The van der Waals surface area contributed by atoms with Crippen LogP contribution in [0.15, 0.2) is 4.99 Å². The summed E-state index contributed by atoms with van der Waals surface area (Å²) in [7, 11) is 0. The number of nitrogens with two attached hydrogens (primary N) is 1. The molecule has 2 saturated heterocycles. The lowest BCUT2D eigenvalue weighted by Crippen LogP contribution is -2.57. The molecule has 0 aromatic carbocycles. The highest BCUT2D eigenvalue weighted by Gasteiger charge is 2.46. The van der Waals surface area contributed by atoms with Crippen molar-refractivity contribution in [3.8, 4) is 0 Å². The van der Waals surface area contributed by atoms with Gasteiger partial charge in [-0.1, -0.05) is 6.92 Å². The van der Waals surface area contributed by atoms with Gasteiger partial charge in [0.05, 0.1) is 24.3 Å². The zero-order chi connectivity index (χ0) is 13.3. The summed E-state index contributed by atoms with van der Waals surface area (Å²) >= 11 is 0. The largest absolute Gasteiger partial charge is 0.378 e. The van der Waals surface area contributed by atoms with E-state index >= 15 is 0 Å². The zero-order valence-corrected chi connectivity index (χ0v) is 11.8. The lowest BCUT2D eigenvalue weighted by Gasteiger charge is -2.45. The monoisotopic (exact) mass is 267 g/mol. The molecule has 1 spiro atoms. The molecule has 0 aliphatic carbocycles. The average molecular weight is 267 g/mol. The third-order valence-corrected chi connectivity index (χ3v) is 4.78. The highest BCUT2D eigenvalue weighted by atomic mass is 16.5. The van der Waals surface area contributed by atoms with Crippen LogP contribution in [0.1, 0.15) is 39.0 Å². The minimum Gasteiger partial charge on any atom is -0.378 e. The van der Waals surface area contributed by atoms with Crippen molar-refractivity contribution in [1.29, 1.82) is 0 Å². The fourth-order valence-electron chi connectivity index (χ4n) is 3.57. The quantitative estimate of drug-likeness (QED) is 0.832. The summed E-state index contributed by atoms with van der Waals surface area (Å²) in [5, 5.41) is 0. The van der Waals surface area contributed by atoms with E-state index in [0.717, 1.165) is 52.0 Å². The van der Waals surface area contributed by atoms with Crippen molar-refractivity contribution in [3.05, 3.63) is 0 Å². The smallest absolute Gasteiger partial charge is 0.191 e. The Morgan fingerprint density at radius 2 is 2.21 bits per heavy atom. The first-order valence-electron chi connectivity index (χ1n) is 7.54. The van der Waals surface area contributed by atoms with E-state index in [4.69, 9.17) is 15.2 Å². The maximum atomic E-state index is 6.13. The van der Waals surface area contributed by atoms with Crippen LogP contribution in [-0.4, -0.2) is 54.9 Å². The molecule has 3 aliphatic heterocycles. The van der Waals surface area contributed by atoms with Gasteiger partial charge in [0.15, 0.2) is 5.96 Å². The van der Waals surface area contributed by atoms with Crippen LogP contribution in [0, 0.1) is 0 Å². The Morgan fingerprint density at radius 3 is 2.95 bits per heavy atom. The van der Waals surface area contributed by atoms with Gasteiger partial charge in [0.2, 0.25) is 0 Å². The van der Waals surface area contributed by atoms with E-state index in [2.05, 4.69) is 16.8 Å². The summed E-state index contributed by atoms with van der Waals surface area (Å²) in [4.78, 5) is 6.83. The van der Waals surface area contributed by atoms with Gasteiger partial charge in [-0.15, -0.1) is 0 Å². The van der Waals surface area contributed by atoms with Crippen LogP contribution in [0.3, 0.4) is 0 Å². The predicted molar refractivity (Wildman–Crippen MR) is 74.2 cm³/mol. The Kier molecular flexibility index (Phi) is 3.67. The van der Waals surface area contributed by atoms with Crippen LogP contribution >= 0.6 is 0 Å². The van der Waals surface area contributed by atoms with Crippen molar-refractivity contribution in [1.82, 2.24) is 4.90 Å². The van der Waals surface area contributed by atoms with Crippen LogP contribution in [-0.2, 0) is 9.47 Å². The Morgan fingerprint density at radius 1 is 1.37 bits per heavy atom. The standard InChI is InChI=1S/C14H25N3O2/c1-2-11-8-14(5-7-19-11)10-16-13(15)17(14)9-12-4-3-6-18-12/h11-12H,2-10H2,1H3,(H2,15,16). The summed E-state index contributed by atoms with van der Waals surface area (Å²) in [5.41, 5.74) is 6.22. The number of nitrogens with zero attached hydrogens (tertiary/aromatic N) is 2. The van der Waals surface area contributed by atoms with Gasteiger partial charge in [0, 0.05) is 19.8 Å². The van der Waals surface area contributed by atoms with E-state index < -0.39 is 0 Å². The molecule has 3 unspecified atom stereocenters. The predicted octanol–water partition coefficient (Wildman–Crippen LogP) is 1.12. The lowest BCUT2D eigenvalue weighted by molar-refractivity contribution is -0.0558. The molecule has 5 nitrogen and oxygen atoms in total. The Labute approximate surface area is 115 Å². The van der Waals surface area contributed by atoms with Crippen molar-refractivity contribution in [2.24, 2.45) is 10.7 Å². The number of guanidine groups is 1. The van der Waals surface area contributed by atoms with Gasteiger partial charge in [-0.25, -0.2) is 0 Å². The van der Waals surface area contributed by atoms with Crippen molar-refractivity contribution in [3.63, 3.8) is 0 Å². The molecule has 3 rings (SSSR count). The molecule has 0 radical (unpaired) electrons. The van der Waals surface area contributed by atoms with Crippen LogP contribution in [0.5, 0.6) is 0 Å². The second-order valence-corrected chi connectivity index (χ2v) is 6.00. The maximum Gasteiger partial charge on any atom is 0.191 e. The topological polar surface area (TPSA) is 60.1 Å². The number of hydrogen-bond donors (Lipinski definition) is 1. The third-order valence-electron chi connectivity index (χ3n) is 4.78. The molecule has 5 heteroatoms. The van der Waals surface area contributed by atoms with E-state index in [0.29, 0.717) is 18.2 Å². The molecule has 0 aromatic rings. The second-order valence-electron chi connectivity index (χ2n) is 6.00. The van der Waals surface area contributed by atoms with E-state index in [1.165, 1.54) is 6.42 Å². The first kappa shape index (κ1) is 13.2. The van der Waals surface area contributed by atoms with Crippen LogP contribution < -0.4 is 5.73 Å². The van der Waals surface area contributed by atoms with Crippen molar-refractivity contribution in [2.45, 2.75) is 56.8 Å². The molecule has 0 saturated carbocycles. The Balaban J connectivity index is 1.72. The normalized spacial score (nSPS) is 39.0. The highest BCUT2D eigenvalue weighted by molar-refractivity contribution is 5.81. The van der Waals surface area contributed by atoms with Gasteiger partial charge in [-0.2, -0.15) is 0 Å². The molecule has 19 heavy (non-hydrogen) atoms. The van der Waals surface area contributed by atoms with E-state index in [1.807, 2.05) is 0 Å². The van der Waals surface area contributed by atoms with Crippen LogP contribution in [0.25, 0.3) is 0 Å². The average Bonchev–Trinajstić information content (AvgIpc) is 3.04. The SMILES string of the molecule is CCC1CC2(CCO1)CN=C(N)N2CC1CCCO1. The van der Waals surface area contributed by atoms with Gasteiger partial charge in [0.25, 0.3) is 0 Å². The summed E-state index contributed by atoms with van der Waals surface area (Å²) in [5.74, 6) is 0.701. The summed E-state index contributed by atoms with van der Waals surface area (Å²) < 4.78 is 11.6. The van der Waals surface area contributed by atoms with Gasteiger partial charge in [0.1, 0.15) is 0 Å². The van der Waals surface area contributed by atoms with Gasteiger partial charge in [-0.05, 0) is 32.1 Å². The van der Waals surface area contributed by atoms with Gasteiger partial charge >= 0.3 is 0 Å². The van der Waals surface area contributed by atoms with Crippen molar-refractivity contribution in [2.75, 3.05) is 26.3 Å². The van der Waals surface area contributed by atoms with Gasteiger partial charge in [-0.3, -0.25) is 4.99 Å². The molecule has 0 amide bonds. The fourth-order valence-corrected chi connectivity index (χ4v) is 3.57. The third kappa shape index (κ3) is 2.46. The molecule has 108 valence electrons. The summed E-state index contributed by atoms with van der Waals surface area (Å²) in [6.07, 6.45) is 6.13. The first-order chi connectivity index (χ1) is 9.23. The molecule has 3 aliphatic rings. The number of ether oxygens (including phenoxy) is 2. The molecule has 3 atom stereocenters. The molecule has 2 fully saturated rings. The number of aliphatic imine (C=N–C) groups is 1. The number of hydrogen-bond acceptors (Lipinski definition) is 5. The van der Waals surface area contributed by atoms with Crippen LogP contribution in [0.4, 0.5) is 0 Å². The second kappa shape index (κ2) is 5.29. The minimum atomic E-state index is 0.0922. The Hall–Kier alpha value is -0.810. The van der Waals surface area contributed by atoms with E-state index in [9.17, 15) is 0 Å². The van der Waals surface area contributed by atoms with Gasteiger partial charge < -0.3 is 20.1 Å². The van der Waals surface area contributed by atoms with E-state index in [-0.39, 0.29) is 5.54 Å². The summed E-state index contributed by atoms with van der Waals surface area (Å²) in [6, 6.07) is 0. The first-order valence-corrected chi connectivity index (χ1v) is 7.54. The molecule has 0 aromatic heterocycles. The van der Waals surface area contributed by atoms with Crippen LogP contribution in [0.2, 0.25) is 0 Å². The fraction of sp³-hybridized carbons (Fsp3) is 0.929. The summed E-state index contributed by atoms with van der Waals surface area (Å²) in [6.45, 7) is 5.62.